The molecule has 160 valence electrons. The number of carbonyl (C=O) groups is 1. The predicted octanol–water partition coefficient (Wildman–Crippen LogP) is 2.28. The van der Waals surface area contributed by atoms with Crippen LogP contribution >= 0.6 is 0 Å². The second-order valence-corrected chi connectivity index (χ2v) is 8.08. The fraction of sp³-hybridized carbons (Fsp3) is 0.348. The number of nitrogens with zero attached hydrogens (tertiary/aromatic N) is 2. The van der Waals surface area contributed by atoms with Gasteiger partial charge in [-0.15, -0.1) is 0 Å². The number of ether oxygens (including phenoxy) is 1. The predicted molar refractivity (Wildman–Crippen MR) is 110 cm³/mol. The van der Waals surface area contributed by atoms with Crippen molar-refractivity contribution in [2.75, 3.05) is 6.61 Å². The minimum Gasteiger partial charge on any atom is -0.458 e. The van der Waals surface area contributed by atoms with Crippen LogP contribution in [0.2, 0.25) is 0 Å². The van der Waals surface area contributed by atoms with Crippen LogP contribution in [-0.2, 0) is 29.1 Å². The van der Waals surface area contributed by atoms with Gasteiger partial charge in [0.2, 0.25) is 0 Å². The van der Waals surface area contributed by atoms with Gasteiger partial charge in [-0.05, 0) is 49.4 Å². The Morgan fingerprint density at radius 2 is 2.03 bits per heavy atom. The largest absolute Gasteiger partial charge is 0.458 e. The number of cyclic esters (lactones) is 1. The van der Waals surface area contributed by atoms with Gasteiger partial charge >= 0.3 is 5.97 Å². The van der Waals surface area contributed by atoms with E-state index >= 15 is 0 Å². The molecule has 2 aliphatic heterocycles. The Bertz CT molecular complexity index is 1310. The summed E-state index contributed by atoms with van der Waals surface area (Å²) in [4.78, 5) is 29.6. The molecular weight excluding hydrogens is 403 g/mol. The van der Waals surface area contributed by atoms with Crippen LogP contribution in [0.5, 0.6) is 0 Å². The van der Waals surface area contributed by atoms with Crippen LogP contribution in [-0.4, -0.2) is 32.3 Å². The monoisotopic (exact) mass is 424 g/mol. The first kappa shape index (κ1) is 19.8. The first-order valence-electron chi connectivity index (χ1n) is 10.2. The maximum Gasteiger partial charge on any atom is 0.340 e. The Kier molecular flexibility index (Phi) is 4.64. The van der Waals surface area contributed by atoms with E-state index in [1.165, 1.54) is 6.07 Å². The van der Waals surface area contributed by atoms with Crippen molar-refractivity contribution in [2.45, 2.75) is 45.4 Å². The minimum absolute atomic E-state index is 0.0805. The second kappa shape index (κ2) is 7.25. The van der Waals surface area contributed by atoms with Gasteiger partial charge in [0.25, 0.3) is 5.56 Å². The second-order valence-electron chi connectivity index (χ2n) is 8.08. The molecule has 0 fully saturated rings. The molecule has 0 aliphatic carbocycles. The number of esters is 1. The van der Waals surface area contributed by atoms with E-state index in [0.717, 1.165) is 22.9 Å². The third-order valence-electron chi connectivity index (χ3n) is 6.19. The zero-order valence-electron chi connectivity index (χ0n) is 16.9. The molecule has 4 heterocycles. The lowest BCUT2D eigenvalue weighted by molar-refractivity contribution is -0.157. The number of halogens is 1. The molecule has 0 saturated carbocycles. The van der Waals surface area contributed by atoms with E-state index < -0.39 is 12.1 Å². The van der Waals surface area contributed by atoms with Gasteiger partial charge in [-0.3, -0.25) is 4.79 Å². The minimum atomic E-state index is -1.52. The van der Waals surface area contributed by atoms with Crippen molar-refractivity contribution in [1.82, 2.24) is 9.55 Å². The molecular formula is C23H21FN2O5. The van der Waals surface area contributed by atoms with Gasteiger partial charge in [-0.25, -0.2) is 14.2 Å². The summed E-state index contributed by atoms with van der Waals surface area (Å²) in [6.07, 6.45) is 0.503. The number of unbranched alkanes of at least 4 members (excludes halogenated alkanes) is 1. The van der Waals surface area contributed by atoms with Gasteiger partial charge in [-0.1, -0.05) is 0 Å². The fourth-order valence-electron chi connectivity index (χ4n) is 4.54. The van der Waals surface area contributed by atoms with Crippen LogP contribution < -0.4 is 5.56 Å². The van der Waals surface area contributed by atoms with Crippen molar-refractivity contribution in [3.63, 3.8) is 0 Å². The van der Waals surface area contributed by atoms with Crippen molar-refractivity contribution in [3.05, 3.63) is 62.2 Å². The van der Waals surface area contributed by atoms with Gasteiger partial charge < -0.3 is 19.5 Å². The number of rotatable bonds is 4. The van der Waals surface area contributed by atoms with Crippen LogP contribution in [0.25, 0.3) is 22.3 Å². The Morgan fingerprint density at radius 1 is 1.23 bits per heavy atom. The number of aryl methyl sites for hydroxylation is 2. The number of aliphatic hydroxyl groups excluding tert-OH is 2. The third-order valence-corrected chi connectivity index (χ3v) is 6.19. The highest BCUT2D eigenvalue weighted by molar-refractivity contribution is 5.89. The molecule has 2 N–H and O–H groups in total. The molecule has 1 atom stereocenters. The first-order valence-corrected chi connectivity index (χ1v) is 10.2. The average molecular weight is 424 g/mol. The summed E-state index contributed by atoms with van der Waals surface area (Å²) < 4.78 is 20.8. The lowest BCUT2D eigenvalue weighted by atomic mass is 9.94. The molecule has 3 aromatic rings. The van der Waals surface area contributed by atoms with Crippen LogP contribution in [0, 0.1) is 12.7 Å². The van der Waals surface area contributed by atoms with E-state index in [4.69, 9.17) is 4.74 Å². The van der Waals surface area contributed by atoms with Crippen molar-refractivity contribution in [2.24, 2.45) is 0 Å². The number of aliphatic hydroxyl groups is 2. The van der Waals surface area contributed by atoms with Crippen LogP contribution in [0.1, 0.15) is 46.8 Å². The van der Waals surface area contributed by atoms with Gasteiger partial charge in [0.15, 0.2) is 6.10 Å². The highest BCUT2D eigenvalue weighted by Crippen LogP contribution is 2.38. The summed E-state index contributed by atoms with van der Waals surface area (Å²) in [5.74, 6) is -1.15. The van der Waals surface area contributed by atoms with E-state index in [9.17, 15) is 24.2 Å². The molecule has 31 heavy (non-hydrogen) atoms. The third kappa shape index (κ3) is 2.97. The molecule has 0 saturated heterocycles. The zero-order valence-corrected chi connectivity index (χ0v) is 16.9. The lowest BCUT2D eigenvalue weighted by Gasteiger charge is -2.21. The van der Waals surface area contributed by atoms with Gasteiger partial charge in [0, 0.05) is 29.2 Å². The number of carbonyl (C=O) groups excluding carboxylic acids is 1. The fourth-order valence-corrected chi connectivity index (χ4v) is 4.54. The van der Waals surface area contributed by atoms with Gasteiger partial charge in [0.05, 0.1) is 29.0 Å². The van der Waals surface area contributed by atoms with Gasteiger partial charge in [0.1, 0.15) is 12.4 Å². The van der Waals surface area contributed by atoms with Crippen LogP contribution in [0.4, 0.5) is 4.39 Å². The normalized spacial score (nSPS) is 16.8. The standard InChI is InChI=1S/C23H21FN2O5/c1-11-6-13-12(4-2-3-5-27)15-9-26-19(20(15)25-18(13)8-17(11)24)7-14-16(22(26)29)10-31-23(30)21(14)28/h6-8,21,27-28H,2-5,9-10H2,1H3/t21-/m0/s1. The summed E-state index contributed by atoms with van der Waals surface area (Å²) >= 11 is 0. The lowest BCUT2D eigenvalue weighted by Crippen LogP contribution is -2.32. The molecule has 0 radical (unpaired) electrons. The molecule has 0 unspecified atom stereocenters. The zero-order chi connectivity index (χ0) is 21.9. The van der Waals surface area contributed by atoms with Crippen LogP contribution in [0.15, 0.2) is 23.0 Å². The van der Waals surface area contributed by atoms with Crippen LogP contribution in [0.3, 0.4) is 0 Å². The molecule has 5 rings (SSSR count). The molecule has 7 nitrogen and oxygen atoms in total. The van der Waals surface area contributed by atoms with Crippen molar-refractivity contribution in [3.8, 4) is 11.4 Å². The topological polar surface area (TPSA) is 102 Å². The molecule has 2 aliphatic rings. The summed E-state index contributed by atoms with van der Waals surface area (Å²) in [7, 11) is 0. The number of fused-ring (bicyclic) bond motifs is 5. The SMILES string of the molecule is Cc1cc2c(CCCCO)c3c(nc2cc1F)-c1cc2c(c(=O)n1C3)COC(=O)[C@H]2O. The number of aromatic nitrogens is 2. The summed E-state index contributed by atoms with van der Waals surface area (Å²) in [6.45, 7) is 1.90. The molecule has 0 amide bonds. The summed E-state index contributed by atoms with van der Waals surface area (Å²) in [5.41, 5.74) is 4.07. The Balaban J connectivity index is 1.76. The molecule has 1 aromatic carbocycles. The molecule has 0 bridgehead atoms. The molecule has 2 aromatic heterocycles. The van der Waals surface area contributed by atoms with Crippen molar-refractivity contribution >= 4 is 16.9 Å². The summed E-state index contributed by atoms with van der Waals surface area (Å²) in [5, 5.41) is 20.3. The Morgan fingerprint density at radius 3 is 2.81 bits per heavy atom. The highest BCUT2D eigenvalue weighted by atomic mass is 19.1. The maximum atomic E-state index is 14.3. The summed E-state index contributed by atoms with van der Waals surface area (Å²) in [6, 6.07) is 4.79. The number of benzene rings is 1. The highest BCUT2D eigenvalue weighted by Gasteiger charge is 2.34. The molecule has 8 heteroatoms. The number of hydrogen-bond acceptors (Lipinski definition) is 6. The quantitative estimate of drug-likeness (QED) is 0.385. The van der Waals surface area contributed by atoms with E-state index in [0.29, 0.717) is 41.9 Å². The molecule has 0 spiro atoms. The average Bonchev–Trinajstić information content (AvgIpc) is 3.11. The smallest absolute Gasteiger partial charge is 0.340 e. The maximum absolute atomic E-state index is 14.3. The van der Waals surface area contributed by atoms with E-state index in [2.05, 4.69) is 4.98 Å². The number of hydrogen-bond donors (Lipinski definition) is 2. The first-order chi connectivity index (χ1) is 14.9. The van der Waals surface area contributed by atoms with Crippen molar-refractivity contribution in [1.29, 1.82) is 0 Å². The van der Waals surface area contributed by atoms with E-state index in [1.54, 1.807) is 23.6 Å². The van der Waals surface area contributed by atoms with Crippen molar-refractivity contribution < 1.29 is 24.1 Å². The Hall–Kier alpha value is -3.10. The van der Waals surface area contributed by atoms with Gasteiger partial charge in [-0.2, -0.15) is 0 Å². The van der Waals surface area contributed by atoms with E-state index in [1.807, 2.05) is 0 Å². The Labute approximate surface area is 176 Å². The van der Waals surface area contributed by atoms with E-state index in [-0.39, 0.29) is 35.7 Å². The number of pyridine rings is 2.